The van der Waals surface area contributed by atoms with Crippen LogP contribution in [0.25, 0.3) is 22.6 Å². The Labute approximate surface area is 202 Å². The zero-order valence-corrected chi connectivity index (χ0v) is 19.7. The average molecular weight is 475 g/mol. The number of aromatic nitrogens is 4. The van der Waals surface area contributed by atoms with E-state index in [-0.39, 0.29) is 17.8 Å². The van der Waals surface area contributed by atoms with Crippen LogP contribution in [-0.4, -0.2) is 51.9 Å². The van der Waals surface area contributed by atoms with Crippen LogP contribution < -0.4 is 16.0 Å². The first kappa shape index (κ1) is 24.0. The van der Waals surface area contributed by atoms with Gasteiger partial charge in [0.1, 0.15) is 5.82 Å². The van der Waals surface area contributed by atoms with Gasteiger partial charge in [0.25, 0.3) is 5.56 Å². The lowest BCUT2D eigenvalue weighted by Crippen LogP contribution is -2.22. The quantitative estimate of drug-likeness (QED) is 0.293. The highest BCUT2D eigenvalue weighted by molar-refractivity contribution is 5.63. The highest BCUT2D eigenvalue weighted by atomic mass is 19.1. The van der Waals surface area contributed by atoms with Crippen molar-refractivity contribution in [2.45, 2.75) is 13.0 Å². The molecule has 0 aliphatic rings. The molecule has 35 heavy (non-hydrogen) atoms. The third kappa shape index (κ3) is 6.27. The van der Waals surface area contributed by atoms with Crippen LogP contribution in [-0.2, 0) is 6.54 Å². The van der Waals surface area contributed by atoms with Crippen LogP contribution in [0.4, 0.5) is 10.1 Å². The van der Waals surface area contributed by atoms with Gasteiger partial charge < -0.3 is 15.4 Å². The first-order valence-electron chi connectivity index (χ1n) is 11.2. The van der Waals surface area contributed by atoms with Crippen LogP contribution in [0.5, 0.6) is 5.75 Å². The molecule has 2 aromatic heterocycles. The number of hydrogen-bond acceptors (Lipinski definition) is 7. The minimum Gasteiger partial charge on any atom is -0.490 e. The number of anilines is 1. The molecule has 2 heterocycles. The van der Waals surface area contributed by atoms with Crippen molar-refractivity contribution >= 4 is 5.69 Å². The van der Waals surface area contributed by atoms with Crippen LogP contribution >= 0.6 is 0 Å². The van der Waals surface area contributed by atoms with Gasteiger partial charge in [-0.25, -0.2) is 19.0 Å². The maximum atomic E-state index is 13.5. The maximum absolute atomic E-state index is 13.5. The van der Waals surface area contributed by atoms with E-state index in [4.69, 9.17) is 10.5 Å². The molecule has 9 heteroatoms. The van der Waals surface area contributed by atoms with Crippen molar-refractivity contribution in [2.24, 2.45) is 0 Å². The van der Waals surface area contributed by atoms with Crippen LogP contribution in [0.1, 0.15) is 12.0 Å². The predicted octanol–water partition coefficient (Wildman–Crippen LogP) is 3.47. The van der Waals surface area contributed by atoms with Gasteiger partial charge in [0.05, 0.1) is 36.9 Å². The molecule has 0 aliphatic carbocycles. The van der Waals surface area contributed by atoms with Gasteiger partial charge in [-0.05, 0) is 56.4 Å². The van der Waals surface area contributed by atoms with E-state index in [2.05, 4.69) is 20.0 Å². The van der Waals surface area contributed by atoms with Crippen LogP contribution in [0.2, 0.25) is 0 Å². The molecule has 0 fully saturated rings. The van der Waals surface area contributed by atoms with Crippen molar-refractivity contribution in [1.82, 2.24) is 24.6 Å². The van der Waals surface area contributed by atoms with Gasteiger partial charge in [0.15, 0.2) is 11.6 Å². The Bertz CT molecular complexity index is 1350. The molecule has 0 unspecified atom stereocenters. The lowest BCUT2D eigenvalue weighted by molar-refractivity contribution is 0.280. The largest absolute Gasteiger partial charge is 0.490 e. The fourth-order valence-electron chi connectivity index (χ4n) is 3.51. The first-order valence-corrected chi connectivity index (χ1v) is 11.2. The second-order valence-corrected chi connectivity index (χ2v) is 8.40. The molecule has 8 nitrogen and oxygen atoms in total. The Hall–Kier alpha value is -4.11. The van der Waals surface area contributed by atoms with Gasteiger partial charge in [-0.1, -0.05) is 18.2 Å². The number of benzene rings is 2. The molecule has 0 saturated heterocycles. The summed E-state index contributed by atoms with van der Waals surface area (Å²) in [4.78, 5) is 23.4. The Morgan fingerprint density at radius 3 is 2.57 bits per heavy atom. The molecule has 2 aromatic carbocycles. The van der Waals surface area contributed by atoms with Crippen LogP contribution in [0, 0.1) is 5.82 Å². The molecule has 0 saturated carbocycles. The Balaban J connectivity index is 1.49. The molecule has 180 valence electrons. The monoisotopic (exact) mass is 474 g/mol. The maximum Gasteiger partial charge on any atom is 0.267 e. The van der Waals surface area contributed by atoms with Gasteiger partial charge in [0, 0.05) is 23.7 Å². The average Bonchev–Trinajstić information content (AvgIpc) is 2.85. The van der Waals surface area contributed by atoms with E-state index in [0.717, 1.165) is 24.1 Å². The van der Waals surface area contributed by atoms with Gasteiger partial charge in [-0.2, -0.15) is 5.10 Å². The van der Waals surface area contributed by atoms with E-state index >= 15 is 0 Å². The molecule has 4 rings (SSSR count). The van der Waals surface area contributed by atoms with Gasteiger partial charge in [-0.3, -0.25) is 4.79 Å². The van der Waals surface area contributed by atoms with Gasteiger partial charge >= 0.3 is 0 Å². The fraction of sp³-hybridized carbons (Fsp3) is 0.231. The number of nitrogens with two attached hydrogens (primary N) is 1. The summed E-state index contributed by atoms with van der Waals surface area (Å²) in [5, 5.41) is 4.44. The predicted molar refractivity (Wildman–Crippen MR) is 134 cm³/mol. The normalized spacial score (nSPS) is 11.1. The van der Waals surface area contributed by atoms with Crippen molar-refractivity contribution < 1.29 is 9.13 Å². The molecule has 0 radical (unpaired) electrons. The van der Waals surface area contributed by atoms with E-state index < -0.39 is 5.82 Å². The molecule has 0 bridgehead atoms. The Kier molecular flexibility index (Phi) is 7.47. The molecule has 0 aliphatic heterocycles. The van der Waals surface area contributed by atoms with Gasteiger partial charge in [-0.15, -0.1) is 0 Å². The Morgan fingerprint density at radius 1 is 1.03 bits per heavy atom. The second-order valence-electron chi connectivity index (χ2n) is 8.40. The molecule has 0 amide bonds. The number of ether oxygens (including phenoxy) is 1. The standard InChI is InChI=1S/C26H27FN6O2/c1-32(2)11-4-12-35-21-15-29-26(30-16-21)20-6-3-5-18(13-20)17-33-25(34)10-9-24(31-33)19-7-8-22(27)23(28)14-19/h3,5-10,13-16H,4,11-12,17,28H2,1-2H3. The summed E-state index contributed by atoms with van der Waals surface area (Å²) in [6.45, 7) is 1.80. The van der Waals surface area contributed by atoms with Crippen molar-refractivity contribution in [3.05, 3.63) is 88.7 Å². The summed E-state index contributed by atoms with van der Waals surface area (Å²) in [6, 6.07) is 15.0. The smallest absolute Gasteiger partial charge is 0.267 e. The molecule has 2 N–H and O–H groups in total. The lowest BCUT2D eigenvalue weighted by atomic mass is 10.1. The van der Waals surface area contributed by atoms with Crippen LogP contribution in [0.3, 0.4) is 0 Å². The number of halogens is 1. The van der Waals surface area contributed by atoms with Crippen molar-refractivity contribution in [1.29, 1.82) is 0 Å². The number of nitrogen functional groups attached to an aromatic ring is 1. The second kappa shape index (κ2) is 10.9. The van der Waals surface area contributed by atoms with E-state index in [0.29, 0.717) is 29.4 Å². The molecular formula is C26H27FN6O2. The molecule has 4 aromatic rings. The van der Waals surface area contributed by atoms with Crippen molar-refractivity contribution in [2.75, 3.05) is 33.0 Å². The summed E-state index contributed by atoms with van der Waals surface area (Å²) in [5.41, 5.74) is 8.29. The van der Waals surface area contributed by atoms with E-state index in [1.807, 2.05) is 38.4 Å². The third-order valence-corrected chi connectivity index (χ3v) is 5.32. The van der Waals surface area contributed by atoms with Crippen molar-refractivity contribution in [3.8, 4) is 28.4 Å². The molecule has 0 spiro atoms. The molecule has 0 atom stereocenters. The highest BCUT2D eigenvalue weighted by Crippen LogP contribution is 2.22. The summed E-state index contributed by atoms with van der Waals surface area (Å²) < 4.78 is 20.6. The van der Waals surface area contributed by atoms with E-state index in [1.165, 1.54) is 22.9 Å². The SMILES string of the molecule is CN(C)CCCOc1cnc(-c2cccc(Cn3nc(-c4ccc(F)c(N)c4)ccc3=O)c2)nc1. The van der Waals surface area contributed by atoms with Crippen molar-refractivity contribution in [3.63, 3.8) is 0 Å². The Morgan fingerprint density at radius 2 is 1.83 bits per heavy atom. The summed E-state index contributed by atoms with van der Waals surface area (Å²) in [6.07, 6.45) is 4.24. The fourth-order valence-corrected chi connectivity index (χ4v) is 3.51. The summed E-state index contributed by atoms with van der Waals surface area (Å²) in [5.74, 6) is 0.686. The summed E-state index contributed by atoms with van der Waals surface area (Å²) >= 11 is 0. The van der Waals surface area contributed by atoms with Crippen LogP contribution in [0.15, 0.2) is 71.8 Å². The third-order valence-electron chi connectivity index (χ3n) is 5.32. The lowest BCUT2D eigenvalue weighted by Gasteiger charge is -2.10. The minimum absolute atomic E-state index is 0.0275. The number of hydrogen-bond donors (Lipinski definition) is 1. The zero-order valence-electron chi connectivity index (χ0n) is 19.7. The highest BCUT2D eigenvalue weighted by Gasteiger charge is 2.09. The van der Waals surface area contributed by atoms with E-state index in [9.17, 15) is 9.18 Å². The topological polar surface area (TPSA) is 99.2 Å². The summed E-state index contributed by atoms with van der Waals surface area (Å²) in [7, 11) is 4.05. The number of nitrogens with zero attached hydrogens (tertiary/aromatic N) is 5. The molecular weight excluding hydrogens is 447 g/mol. The number of rotatable bonds is 9. The minimum atomic E-state index is -0.495. The van der Waals surface area contributed by atoms with E-state index in [1.54, 1.807) is 24.5 Å². The van der Waals surface area contributed by atoms with Gasteiger partial charge in [0.2, 0.25) is 0 Å². The first-order chi connectivity index (χ1) is 16.9. The zero-order chi connectivity index (χ0) is 24.8.